The van der Waals surface area contributed by atoms with Crippen LogP contribution in [-0.4, -0.2) is 12.6 Å². The zero-order valence-corrected chi connectivity index (χ0v) is 11.6. The summed E-state index contributed by atoms with van der Waals surface area (Å²) in [5.74, 6) is 1.05. The number of rotatable bonds is 4. The molecule has 2 rings (SSSR count). The average Bonchev–Trinajstić information content (AvgIpc) is 2.40. The predicted octanol–water partition coefficient (Wildman–Crippen LogP) is 3.50. The van der Waals surface area contributed by atoms with Crippen LogP contribution in [0.15, 0.2) is 24.3 Å². The van der Waals surface area contributed by atoms with Crippen molar-refractivity contribution in [1.82, 2.24) is 0 Å². The Balaban J connectivity index is 1.84. The fourth-order valence-electron chi connectivity index (χ4n) is 2.97. The van der Waals surface area contributed by atoms with Crippen LogP contribution in [0.25, 0.3) is 0 Å². The summed E-state index contributed by atoms with van der Waals surface area (Å²) in [5, 5.41) is 0. The lowest BCUT2D eigenvalue weighted by molar-refractivity contribution is -0.144. The number of hydrogen-bond donors (Lipinski definition) is 1. The Kier molecular flexibility index (Phi) is 4.83. The summed E-state index contributed by atoms with van der Waals surface area (Å²) in [7, 11) is 0. The van der Waals surface area contributed by atoms with Gasteiger partial charge in [0.25, 0.3) is 0 Å². The highest BCUT2D eigenvalue weighted by Crippen LogP contribution is 2.37. The molecule has 2 N–H and O–H groups in total. The van der Waals surface area contributed by atoms with Crippen molar-refractivity contribution in [2.24, 2.45) is 5.92 Å². The summed E-state index contributed by atoms with van der Waals surface area (Å²) in [6, 6.07) is 8.19. The lowest BCUT2D eigenvalue weighted by Crippen LogP contribution is -2.18. The first-order valence-corrected chi connectivity index (χ1v) is 7.20. The molecular weight excluding hydrogens is 238 g/mol. The van der Waals surface area contributed by atoms with Gasteiger partial charge in [-0.3, -0.25) is 4.79 Å². The van der Waals surface area contributed by atoms with Crippen LogP contribution in [0.5, 0.6) is 0 Å². The highest BCUT2D eigenvalue weighted by atomic mass is 16.5. The molecule has 1 aromatic rings. The minimum atomic E-state index is -0.0464. The Morgan fingerprint density at radius 3 is 2.68 bits per heavy atom. The van der Waals surface area contributed by atoms with Crippen molar-refractivity contribution in [1.29, 1.82) is 0 Å². The summed E-state index contributed by atoms with van der Waals surface area (Å²) in [4.78, 5) is 11.5. The van der Waals surface area contributed by atoms with E-state index in [0.717, 1.165) is 31.4 Å². The van der Waals surface area contributed by atoms with Gasteiger partial charge in [-0.1, -0.05) is 12.1 Å². The molecule has 1 fully saturated rings. The van der Waals surface area contributed by atoms with E-state index < -0.39 is 0 Å². The van der Waals surface area contributed by atoms with Gasteiger partial charge in [-0.15, -0.1) is 0 Å². The van der Waals surface area contributed by atoms with E-state index in [1.54, 1.807) is 0 Å². The Labute approximate surface area is 115 Å². The van der Waals surface area contributed by atoms with Crippen molar-refractivity contribution in [2.45, 2.75) is 44.9 Å². The molecule has 0 aromatic heterocycles. The van der Waals surface area contributed by atoms with Gasteiger partial charge in [0.1, 0.15) is 0 Å². The number of nitrogens with two attached hydrogens (primary N) is 1. The van der Waals surface area contributed by atoms with Crippen molar-refractivity contribution in [2.75, 3.05) is 12.3 Å². The predicted molar refractivity (Wildman–Crippen MR) is 76.8 cm³/mol. The van der Waals surface area contributed by atoms with Crippen LogP contribution in [0, 0.1) is 5.92 Å². The number of anilines is 1. The van der Waals surface area contributed by atoms with E-state index >= 15 is 0 Å². The van der Waals surface area contributed by atoms with Crippen molar-refractivity contribution < 1.29 is 9.53 Å². The highest BCUT2D eigenvalue weighted by Gasteiger charge is 2.24. The minimum Gasteiger partial charge on any atom is -0.466 e. The van der Waals surface area contributed by atoms with Crippen molar-refractivity contribution >= 4 is 11.7 Å². The number of benzene rings is 1. The van der Waals surface area contributed by atoms with E-state index in [-0.39, 0.29) is 5.97 Å². The molecule has 1 aliphatic carbocycles. The van der Waals surface area contributed by atoms with Gasteiger partial charge in [-0.05, 0) is 62.1 Å². The Hall–Kier alpha value is -1.51. The second-order valence-corrected chi connectivity index (χ2v) is 5.40. The first kappa shape index (κ1) is 13.9. The number of esters is 1. The maximum Gasteiger partial charge on any atom is 0.306 e. The third-order valence-corrected chi connectivity index (χ3v) is 3.99. The monoisotopic (exact) mass is 261 g/mol. The molecule has 104 valence electrons. The van der Waals surface area contributed by atoms with E-state index in [2.05, 4.69) is 12.1 Å². The normalized spacial score (nSPS) is 23.0. The molecule has 1 aliphatic rings. The zero-order valence-electron chi connectivity index (χ0n) is 11.6. The fourth-order valence-corrected chi connectivity index (χ4v) is 2.97. The lowest BCUT2D eigenvalue weighted by atomic mass is 9.77. The molecule has 1 saturated carbocycles. The highest BCUT2D eigenvalue weighted by molar-refractivity contribution is 5.69. The molecule has 0 radical (unpaired) electrons. The van der Waals surface area contributed by atoms with E-state index in [0.29, 0.717) is 24.9 Å². The third-order valence-electron chi connectivity index (χ3n) is 3.99. The van der Waals surface area contributed by atoms with Gasteiger partial charge in [0.2, 0.25) is 0 Å². The van der Waals surface area contributed by atoms with E-state index in [9.17, 15) is 4.79 Å². The van der Waals surface area contributed by atoms with Gasteiger partial charge in [0.05, 0.1) is 6.61 Å². The van der Waals surface area contributed by atoms with Gasteiger partial charge in [0.15, 0.2) is 0 Å². The SMILES string of the molecule is CCOC(=O)CC1CCC(c2cccc(N)c2)CC1. The van der Waals surface area contributed by atoms with Gasteiger partial charge >= 0.3 is 5.97 Å². The molecule has 0 heterocycles. The lowest BCUT2D eigenvalue weighted by Gasteiger charge is -2.28. The fraction of sp³-hybridized carbons (Fsp3) is 0.562. The molecule has 0 aliphatic heterocycles. The molecule has 3 heteroatoms. The van der Waals surface area contributed by atoms with Crippen LogP contribution >= 0.6 is 0 Å². The summed E-state index contributed by atoms with van der Waals surface area (Å²) in [5.41, 5.74) is 8.01. The molecule has 0 amide bonds. The first-order valence-electron chi connectivity index (χ1n) is 7.20. The summed E-state index contributed by atoms with van der Waals surface area (Å²) >= 11 is 0. The molecule has 0 spiro atoms. The smallest absolute Gasteiger partial charge is 0.306 e. The van der Waals surface area contributed by atoms with E-state index in [1.165, 1.54) is 5.56 Å². The Morgan fingerprint density at radius 1 is 1.32 bits per heavy atom. The second kappa shape index (κ2) is 6.60. The molecule has 0 atom stereocenters. The van der Waals surface area contributed by atoms with Gasteiger partial charge in [-0.2, -0.15) is 0 Å². The summed E-state index contributed by atoms with van der Waals surface area (Å²) < 4.78 is 5.02. The van der Waals surface area contributed by atoms with Gasteiger partial charge in [-0.25, -0.2) is 0 Å². The van der Waals surface area contributed by atoms with Gasteiger partial charge in [0, 0.05) is 12.1 Å². The topological polar surface area (TPSA) is 52.3 Å². The van der Waals surface area contributed by atoms with Crippen LogP contribution in [-0.2, 0) is 9.53 Å². The largest absolute Gasteiger partial charge is 0.466 e. The van der Waals surface area contributed by atoms with Crippen LogP contribution in [0.3, 0.4) is 0 Å². The number of ether oxygens (including phenoxy) is 1. The van der Waals surface area contributed by atoms with Gasteiger partial charge < -0.3 is 10.5 Å². The third kappa shape index (κ3) is 3.98. The minimum absolute atomic E-state index is 0.0464. The molecule has 0 saturated heterocycles. The Morgan fingerprint density at radius 2 is 2.05 bits per heavy atom. The number of hydrogen-bond acceptors (Lipinski definition) is 3. The number of carbonyl (C=O) groups excluding carboxylic acids is 1. The van der Waals surface area contributed by atoms with Crippen LogP contribution in [0.2, 0.25) is 0 Å². The second-order valence-electron chi connectivity index (χ2n) is 5.40. The van der Waals surface area contributed by atoms with Crippen LogP contribution < -0.4 is 5.73 Å². The maximum absolute atomic E-state index is 11.5. The Bertz CT molecular complexity index is 423. The molecule has 1 aromatic carbocycles. The van der Waals surface area contributed by atoms with E-state index in [4.69, 9.17) is 10.5 Å². The summed E-state index contributed by atoms with van der Waals surface area (Å²) in [6.07, 6.45) is 5.09. The first-order chi connectivity index (χ1) is 9.19. The van der Waals surface area contributed by atoms with E-state index in [1.807, 2.05) is 19.1 Å². The van der Waals surface area contributed by atoms with Crippen molar-refractivity contribution in [3.05, 3.63) is 29.8 Å². The molecule has 19 heavy (non-hydrogen) atoms. The van der Waals surface area contributed by atoms with Crippen molar-refractivity contribution in [3.63, 3.8) is 0 Å². The zero-order chi connectivity index (χ0) is 13.7. The standard InChI is InChI=1S/C16H23NO2/c1-2-19-16(18)10-12-6-8-13(9-7-12)14-4-3-5-15(17)11-14/h3-5,11-13H,2,6-10,17H2,1H3. The quantitative estimate of drug-likeness (QED) is 0.666. The van der Waals surface area contributed by atoms with Crippen molar-refractivity contribution in [3.8, 4) is 0 Å². The maximum atomic E-state index is 11.5. The molecular formula is C16H23NO2. The summed E-state index contributed by atoms with van der Waals surface area (Å²) in [6.45, 7) is 2.34. The number of carbonyl (C=O) groups is 1. The number of nitrogen functional groups attached to an aromatic ring is 1. The average molecular weight is 261 g/mol. The molecule has 3 nitrogen and oxygen atoms in total. The molecule has 0 bridgehead atoms. The molecule has 0 unspecified atom stereocenters. The van der Waals surface area contributed by atoms with Crippen LogP contribution in [0.4, 0.5) is 5.69 Å². The van der Waals surface area contributed by atoms with Crippen LogP contribution in [0.1, 0.15) is 50.5 Å².